The summed E-state index contributed by atoms with van der Waals surface area (Å²) in [7, 11) is 0. The van der Waals surface area contributed by atoms with Crippen molar-refractivity contribution in [1.82, 2.24) is 0 Å². The fourth-order valence-corrected chi connectivity index (χ4v) is 1.37. The lowest BCUT2D eigenvalue weighted by Gasteiger charge is -2.23. The molecule has 0 fully saturated rings. The maximum atomic E-state index is 11.8. The van der Waals surface area contributed by atoms with E-state index in [4.69, 9.17) is 15.1 Å². The van der Waals surface area contributed by atoms with Gasteiger partial charge in [-0.2, -0.15) is 0 Å². The van der Waals surface area contributed by atoms with Crippen LogP contribution in [0.5, 0.6) is 28.7 Å². The monoisotopic (exact) mass is 290 g/mol. The van der Waals surface area contributed by atoms with Crippen LogP contribution in [0.4, 0.5) is 0 Å². The van der Waals surface area contributed by atoms with E-state index in [0.29, 0.717) is 0 Å². The summed E-state index contributed by atoms with van der Waals surface area (Å²) < 4.78 is 4.83. The van der Waals surface area contributed by atoms with Gasteiger partial charge in [0.2, 0.25) is 17.2 Å². The number of aromatic hydroxyl groups is 5. The zero-order chi connectivity index (χ0) is 15.7. The van der Waals surface area contributed by atoms with Gasteiger partial charge in [0.1, 0.15) is 12.2 Å². The highest BCUT2D eigenvalue weighted by Crippen LogP contribution is 2.51. The average Bonchev–Trinajstić information content (AvgIpc) is 2.33. The molecule has 20 heavy (non-hydrogen) atoms. The van der Waals surface area contributed by atoms with Crippen molar-refractivity contribution in [2.45, 2.75) is 19.4 Å². The lowest BCUT2D eigenvalue weighted by Crippen LogP contribution is -2.33. The van der Waals surface area contributed by atoms with Gasteiger partial charge in [-0.25, -0.2) is 9.68 Å². The Hall–Kier alpha value is -2.39. The second kappa shape index (κ2) is 5.31. The maximum Gasteiger partial charge on any atom is 0.346 e. The molecule has 0 bridgehead atoms. The van der Waals surface area contributed by atoms with E-state index in [1.54, 1.807) is 0 Å². The second-order valence-corrected chi connectivity index (χ2v) is 4.54. The summed E-state index contributed by atoms with van der Waals surface area (Å²) in [6.45, 7) is 2.31. The molecule has 0 atom stereocenters. The largest absolute Gasteiger partial charge is 0.503 e. The molecule has 0 amide bonds. The summed E-state index contributed by atoms with van der Waals surface area (Å²) in [5.74, 6) is -7.21. The third kappa shape index (κ3) is 2.78. The fraction of sp³-hybridized carbons (Fsp3) is 0.364. The maximum absolute atomic E-state index is 11.8. The smallest absolute Gasteiger partial charge is 0.346 e. The van der Waals surface area contributed by atoms with Crippen LogP contribution in [0.15, 0.2) is 0 Å². The van der Waals surface area contributed by atoms with Gasteiger partial charge < -0.3 is 30.3 Å². The van der Waals surface area contributed by atoms with Crippen LogP contribution in [-0.2, 0) is 9.62 Å². The summed E-state index contributed by atoms with van der Waals surface area (Å²) in [6, 6.07) is 0. The minimum Gasteiger partial charge on any atom is -0.503 e. The highest BCUT2D eigenvalue weighted by Gasteiger charge is 2.32. The molecule has 112 valence electrons. The van der Waals surface area contributed by atoms with Gasteiger partial charge in [0, 0.05) is 0 Å². The first-order valence-electron chi connectivity index (χ1n) is 5.31. The predicted molar refractivity (Wildman–Crippen MR) is 62.8 cm³/mol. The van der Waals surface area contributed by atoms with Crippen LogP contribution in [0.2, 0.25) is 0 Å². The minimum atomic E-state index is -1.33. The molecule has 6 N–H and O–H groups in total. The number of rotatable bonds is 4. The number of benzene rings is 1. The molecule has 0 aliphatic carbocycles. The van der Waals surface area contributed by atoms with E-state index in [1.807, 2.05) is 0 Å². The highest BCUT2D eigenvalue weighted by atomic mass is 17.1. The van der Waals surface area contributed by atoms with Gasteiger partial charge in [-0.1, -0.05) is 0 Å². The SMILES string of the molecule is CC(C)(COO)OC(=O)c1c(O)c(O)c(O)c(O)c1O. The third-order valence-corrected chi connectivity index (χ3v) is 2.36. The van der Waals surface area contributed by atoms with E-state index in [2.05, 4.69) is 4.89 Å². The van der Waals surface area contributed by atoms with E-state index >= 15 is 0 Å². The number of esters is 1. The van der Waals surface area contributed by atoms with Gasteiger partial charge in [-0.05, 0) is 13.8 Å². The van der Waals surface area contributed by atoms with Crippen molar-refractivity contribution < 1.29 is 45.2 Å². The van der Waals surface area contributed by atoms with E-state index in [9.17, 15) is 25.2 Å². The molecular formula is C11H14O9. The zero-order valence-corrected chi connectivity index (χ0v) is 10.6. The molecule has 0 radical (unpaired) electrons. The van der Waals surface area contributed by atoms with Crippen molar-refractivity contribution >= 4 is 5.97 Å². The number of phenolic OH excluding ortho intramolecular Hbond substituents is 5. The molecule has 9 nitrogen and oxygen atoms in total. The van der Waals surface area contributed by atoms with Crippen molar-refractivity contribution in [3.05, 3.63) is 5.56 Å². The quantitative estimate of drug-likeness (QED) is 0.154. The topological polar surface area (TPSA) is 157 Å². The summed E-state index contributed by atoms with van der Waals surface area (Å²) in [5, 5.41) is 55.1. The normalized spacial score (nSPS) is 11.3. The molecule has 0 unspecified atom stereocenters. The standard InChI is InChI=1S/C11H14O9/c1-11(2,3-19-18)20-10(17)4-5(12)7(14)9(16)8(15)6(4)13/h12-16,18H,3H2,1-2H3. The first kappa shape index (κ1) is 15.7. The summed E-state index contributed by atoms with van der Waals surface area (Å²) in [4.78, 5) is 15.6. The molecular weight excluding hydrogens is 276 g/mol. The highest BCUT2D eigenvalue weighted by molar-refractivity contribution is 5.98. The van der Waals surface area contributed by atoms with Crippen molar-refractivity contribution in [1.29, 1.82) is 0 Å². The summed E-state index contributed by atoms with van der Waals surface area (Å²) in [5.41, 5.74) is -2.27. The van der Waals surface area contributed by atoms with E-state index in [1.165, 1.54) is 13.8 Å². The Morgan fingerprint density at radius 2 is 1.35 bits per heavy atom. The minimum absolute atomic E-state index is 0.406. The number of phenols is 5. The van der Waals surface area contributed by atoms with Crippen LogP contribution in [0.1, 0.15) is 24.2 Å². The Morgan fingerprint density at radius 1 is 0.950 bits per heavy atom. The van der Waals surface area contributed by atoms with Crippen molar-refractivity contribution in [3.8, 4) is 28.7 Å². The van der Waals surface area contributed by atoms with Crippen LogP contribution in [0.3, 0.4) is 0 Å². The number of hydrogen-bond acceptors (Lipinski definition) is 9. The Bertz CT molecular complexity index is 506. The lowest BCUT2D eigenvalue weighted by molar-refractivity contribution is -0.267. The number of carbonyl (C=O) groups excluding carboxylic acids is 1. The molecule has 0 aliphatic heterocycles. The molecule has 0 spiro atoms. The van der Waals surface area contributed by atoms with Crippen LogP contribution < -0.4 is 0 Å². The van der Waals surface area contributed by atoms with Gasteiger partial charge in [-0.15, -0.1) is 0 Å². The van der Waals surface area contributed by atoms with Crippen LogP contribution in [0, 0.1) is 0 Å². The van der Waals surface area contributed by atoms with Crippen molar-refractivity contribution in [2.75, 3.05) is 6.61 Å². The van der Waals surface area contributed by atoms with Gasteiger partial charge in [0.25, 0.3) is 0 Å². The first-order valence-corrected chi connectivity index (χ1v) is 5.31. The Labute approximate surface area is 112 Å². The van der Waals surface area contributed by atoms with Gasteiger partial charge in [0.15, 0.2) is 17.1 Å². The number of carbonyl (C=O) groups is 1. The third-order valence-electron chi connectivity index (χ3n) is 2.36. The van der Waals surface area contributed by atoms with Crippen molar-refractivity contribution in [3.63, 3.8) is 0 Å². The van der Waals surface area contributed by atoms with E-state index in [0.717, 1.165) is 0 Å². The molecule has 9 heteroatoms. The van der Waals surface area contributed by atoms with Crippen LogP contribution >= 0.6 is 0 Å². The molecule has 0 aromatic heterocycles. The lowest BCUT2D eigenvalue weighted by atomic mass is 10.1. The van der Waals surface area contributed by atoms with Gasteiger partial charge in [-0.3, -0.25) is 5.26 Å². The summed E-state index contributed by atoms with van der Waals surface area (Å²) >= 11 is 0. The van der Waals surface area contributed by atoms with Gasteiger partial charge >= 0.3 is 5.97 Å². The summed E-state index contributed by atoms with van der Waals surface area (Å²) in [6.07, 6.45) is 0. The Morgan fingerprint density at radius 3 is 1.75 bits per heavy atom. The molecule has 0 saturated heterocycles. The molecule has 1 aromatic rings. The van der Waals surface area contributed by atoms with Crippen LogP contribution in [0.25, 0.3) is 0 Å². The fourth-order valence-electron chi connectivity index (χ4n) is 1.37. The molecule has 0 saturated carbocycles. The van der Waals surface area contributed by atoms with Gasteiger partial charge in [0.05, 0.1) is 0 Å². The predicted octanol–water partition coefficient (Wildman–Crippen LogP) is 0.640. The Kier molecular flexibility index (Phi) is 4.16. The molecule has 1 rings (SSSR count). The van der Waals surface area contributed by atoms with Crippen molar-refractivity contribution in [2.24, 2.45) is 0 Å². The Balaban J connectivity index is 3.24. The van der Waals surface area contributed by atoms with E-state index in [-0.39, 0.29) is 0 Å². The molecule has 0 heterocycles. The second-order valence-electron chi connectivity index (χ2n) is 4.54. The average molecular weight is 290 g/mol. The molecule has 1 aromatic carbocycles. The number of hydrogen-bond donors (Lipinski definition) is 6. The molecule has 0 aliphatic rings. The zero-order valence-electron chi connectivity index (χ0n) is 10.6. The van der Waals surface area contributed by atoms with E-state index < -0.39 is 52.5 Å². The van der Waals surface area contributed by atoms with Crippen LogP contribution in [-0.4, -0.2) is 49.0 Å². The number of ether oxygens (including phenoxy) is 1. The first-order chi connectivity index (χ1) is 9.12.